The third-order valence-corrected chi connectivity index (χ3v) is 2.31. The van der Waals surface area contributed by atoms with E-state index in [1.165, 1.54) is 12.5 Å². The maximum absolute atomic E-state index is 10.6. The van der Waals surface area contributed by atoms with Crippen molar-refractivity contribution in [3.8, 4) is 5.75 Å². The van der Waals surface area contributed by atoms with Crippen LogP contribution in [0.15, 0.2) is 42.0 Å². The summed E-state index contributed by atoms with van der Waals surface area (Å²) in [6.45, 7) is 6.37. The van der Waals surface area contributed by atoms with E-state index in [0.717, 1.165) is 11.3 Å². The zero-order valence-electron chi connectivity index (χ0n) is 11.7. The minimum atomic E-state index is -0.271. The molecule has 0 saturated heterocycles. The van der Waals surface area contributed by atoms with Crippen LogP contribution in [-0.2, 0) is 9.53 Å². The molecule has 1 rings (SSSR count). The predicted molar refractivity (Wildman–Crippen MR) is 77.0 cm³/mol. The number of benzene rings is 1. The van der Waals surface area contributed by atoms with Gasteiger partial charge in [-0.15, -0.1) is 0 Å². The van der Waals surface area contributed by atoms with E-state index >= 15 is 0 Å². The van der Waals surface area contributed by atoms with Crippen molar-refractivity contribution < 1.29 is 14.3 Å². The van der Waals surface area contributed by atoms with Crippen molar-refractivity contribution in [2.24, 2.45) is 0 Å². The zero-order valence-corrected chi connectivity index (χ0v) is 11.7. The summed E-state index contributed by atoms with van der Waals surface area (Å²) in [6, 6.07) is 7.76. The molecule has 1 aromatic rings. The van der Waals surface area contributed by atoms with Crippen LogP contribution in [0.25, 0.3) is 6.08 Å². The van der Waals surface area contributed by atoms with Gasteiger partial charge in [-0.05, 0) is 43.7 Å². The van der Waals surface area contributed by atoms with E-state index in [4.69, 9.17) is 9.47 Å². The van der Waals surface area contributed by atoms with Crippen LogP contribution in [-0.4, -0.2) is 19.2 Å². The van der Waals surface area contributed by atoms with Gasteiger partial charge in [-0.2, -0.15) is 0 Å². The molecule has 0 bridgehead atoms. The van der Waals surface area contributed by atoms with Crippen LogP contribution in [0.2, 0.25) is 0 Å². The van der Waals surface area contributed by atoms with Crippen LogP contribution in [0, 0.1) is 0 Å². The monoisotopic (exact) mass is 260 g/mol. The number of ether oxygens (including phenoxy) is 2. The fourth-order valence-corrected chi connectivity index (χ4v) is 1.33. The van der Waals surface area contributed by atoms with E-state index in [0.29, 0.717) is 13.2 Å². The standard InChI is InChI=1S/C16H20O3/c1-13(2)10-12-19-16-8-6-15(7-9-16)5-4-11-18-14(3)17/h4-10H,11-12H2,1-3H3. The first-order chi connectivity index (χ1) is 9.08. The highest BCUT2D eigenvalue weighted by atomic mass is 16.5. The van der Waals surface area contributed by atoms with Gasteiger partial charge >= 0.3 is 5.97 Å². The van der Waals surface area contributed by atoms with Gasteiger partial charge in [0.25, 0.3) is 0 Å². The van der Waals surface area contributed by atoms with E-state index in [1.54, 1.807) is 6.08 Å². The SMILES string of the molecule is CC(=O)OCC=Cc1ccc(OCC=C(C)C)cc1. The van der Waals surface area contributed by atoms with E-state index in [-0.39, 0.29) is 5.97 Å². The van der Waals surface area contributed by atoms with Crippen molar-refractivity contribution in [2.45, 2.75) is 20.8 Å². The minimum absolute atomic E-state index is 0.271. The molecule has 0 spiro atoms. The Bertz CT molecular complexity index is 451. The number of carbonyl (C=O) groups excluding carboxylic acids is 1. The topological polar surface area (TPSA) is 35.5 Å². The molecule has 0 aliphatic carbocycles. The van der Waals surface area contributed by atoms with Gasteiger partial charge in [-0.25, -0.2) is 0 Å². The number of allylic oxidation sites excluding steroid dienone is 1. The molecule has 19 heavy (non-hydrogen) atoms. The lowest BCUT2D eigenvalue weighted by atomic mass is 10.2. The van der Waals surface area contributed by atoms with Gasteiger partial charge in [0, 0.05) is 6.92 Å². The second-order valence-electron chi connectivity index (χ2n) is 4.37. The Morgan fingerprint density at radius 1 is 1.11 bits per heavy atom. The summed E-state index contributed by atoms with van der Waals surface area (Å²) >= 11 is 0. The molecule has 0 aliphatic rings. The molecule has 0 radical (unpaired) electrons. The van der Waals surface area contributed by atoms with Crippen LogP contribution in [0.3, 0.4) is 0 Å². The summed E-state index contributed by atoms with van der Waals surface area (Å²) in [5, 5.41) is 0. The second kappa shape index (κ2) is 8.14. The highest BCUT2D eigenvalue weighted by molar-refractivity contribution is 5.66. The summed E-state index contributed by atoms with van der Waals surface area (Å²) in [6.07, 6.45) is 5.75. The summed E-state index contributed by atoms with van der Waals surface area (Å²) < 4.78 is 10.4. The lowest BCUT2D eigenvalue weighted by Gasteiger charge is -2.03. The number of hydrogen-bond donors (Lipinski definition) is 0. The number of esters is 1. The maximum atomic E-state index is 10.6. The van der Waals surface area contributed by atoms with Crippen molar-refractivity contribution in [3.63, 3.8) is 0 Å². The molecule has 0 atom stereocenters. The predicted octanol–water partition coefficient (Wildman–Crippen LogP) is 3.61. The Hall–Kier alpha value is -2.03. The van der Waals surface area contributed by atoms with Gasteiger partial charge in [0.1, 0.15) is 19.0 Å². The van der Waals surface area contributed by atoms with E-state index in [9.17, 15) is 4.79 Å². The quantitative estimate of drug-likeness (QED) is 0.579. The Balaban J connectivity index is 2.43. The smallest absolute Gasteiger partial charge is 0.302 e. The van der Waals surface area contributed by atoms with Crippen LogP contribution in [0.4, 0.5) is 0 Å². The van der Waals surface area contributed by atoms with Crippen molar-refractivity contribution in [3.05, 3.63) is 47.6 Å². The molecule has 0 N–H and O–H groups in total. The molecule has 102 valence electrons. The summed E-state index contributed by atoms with van der Waals surface area (Å²) in [5.74, 6) is 0.572. The van der Waals surface area contributed by atoms with Crippen LogP contribution in [0.5, 0.6) is 5.75 Å². The van der Waals surface area contributed by atoms with Crippen molar-refractivity contribution in [1.82, 2.24) is 0 Å². The van der Waals surface area contributed by atoms with E-state index in [2.05, 4.69) is 0 Å². The van der Waals surface area contributed by atoms with E-state index in [1.807, 2.05) is 50.3 Å². The first-order valence-electron chi connectivity index (χ1n) is 6.24. The van der Waals surface area contributed by atoms with Crippen molar-refractivity contribution >= 4 is 12.0 Å². The third kappa shape index (κ3) is 7.09. The highest BCUT2D eigenvalue weighted by Crippen LogP contribution is 2.13. The highest BCUT2D eigenvalue weighted by Gasteiger charge is 1.93. The van der Waals surface area contributed by atoms with E-state index < -0.39 is 0 Å². The van der Waals surface area contributed by atoms with Gasteiger partial charge in [0.2, 0.25) is 0 Å². The largest absolute Gasteiger partial charge is 0.490 e. The van der Waals surface area contributed by atoms with Crippen molar-refractivity contribution in [2.75, 3.05) is 13.2 Å². The Labute approximate surface area is 114 Å². The van der Waals surface area contributed by atoms with Crippen LogP contribution >= 0.6 is 0 Å². The molecule has 3 heteroatoms. The van der Waals surface area contributed by atoms with Gasteiger partial charge in [0.05, 0.1) is 0 Å². The van der Waals surface area contributed by atoms with Gasteiger partial charge < -0.3 is 9.47 Å². The molecule has 0 unspecified atom stereocenters. The van der Waals surface area contributed by atoms with Crippen LogP contribution in [0.1, 0.15) is 26.3 Å². The molecule has 0 aliphatic heterocycles. The minimum Gasteiger partial charge on any atom is -0.490 e. The van der Waals surface area contributed by atoms with Crippen LogP contribution < -0.4 is 4.74 Å². The van der Waals surface area contributed by atoms with Crippen molar-refractivity contribution in [1.29, 1.82) is 0 Å². The number of carbonyl (C=O) groups is 1. The Morgan fingerprint density at radius 2 is 1.79 bits per heavy atom. The van der Waals surface area contributed by atoms with Gasteiger partial charge in [-0.3, -0.25) is 4.79 Å². The first-order valence-corrected chi connectivity index (χ1v) is 6.24. The molecule has 0 heterocycles. The fourth-order valence-electron chi connectivity index (χ4n) is 1.33. The summed E-state index contributed by atoms with van der Waals surface area (Å²) in [7, 11) is 0. The lowest BCUT2D eigenvalue weighted by Crippen LogP contribution is -1.97. The molecular weight excluding hydrogens is 240 g/mol. The number of hydrogen-bond acceptors (Lipinski definition) is 3. The molecule has 0 amide bonds. The molecular formula is C16H20O3. The molecule has 1 aromatic carbocycles. The molecule has 3 nitrogen and oxygen atoms in total. The first kappa shape index (κ1) is 15.0. The number of rotatable bonds is 6. The molecule has 0 aromatic heterocycles. The molecule has 0 fully saturated rings. The molecule has 0 saturated carbocycles. The average molecular weight is 260 g/mol. The Kier molecular flexibility index (Phi) is 6.44. The Morgan fingerprint density at radius 3 is 2.37 bits per heavy atom. The normalized spacial score (nSPS) is 10.3. The third-order valence-electron chi connectivity index (χ3n) is 2.31. The second-order valence-corrected chi connectivity index (χ2v) is 4.37. The van der Waals surface area contributed by atoms with Gasteiger partial charge in [0.15, 0.2) is 0 Å². The zero-order chi connectivity index (χ0) is 14.1. The maximum Gasteiger partial charge on any atom is 0.302 e. The van der Waals surface area contributed by atoms with Gasteiger partial charge in [-0.1, -0.05) is 23.8 Å². The fraction of sp³-hybridized carbons (Fsp3) is 0.312. The average Bonchev–Trinajstić information content (AvgIpc) is 2.36. The summed E-state index contributed by atoms with van der Waals surface area (Å²) in [4.78, 5) is 10.6. The summed E-state index contributed by atoms with van der Waals surface area (Å²) in [5.41, 5.74) is 2.28. The lowest BCUT2D eigenvalue weighted by molar-refractivity contribution is -0.139.